The van der Waals surface area contributed by atoms with E-state index in [9.17, 15) is 9.59 Å². The lowest BCUT2D eigenvalue weighted by Gasteiger charge is -2.28. The third-order valence-corrected chi connectivity index (χ3v) is 3.25. The molecule has 1 aliphatic rings. The maximum Gasteiger partial charge on any atom is 0.319 e. The molecule has 102 valence electrons. The fourth-order valence-electron chi connectivity index (χ4n) is 2.45. The summed E-state index contributed by atoms with van der Waals surface area (Å²) in [6.07, 6.45) is 7.52. The van der Waals surface area contributed by atoms with Crippen molar-refractivity contribution in [2.45, 2.75) is 37.6 Å². The van der Waals surface area contributed by atoms with Gasteiger partial charge >= 0.3 is 12.0 Å². The fraction of sp³-hybridized carbons (Fsp3) is 0.500. The molecule has 1 fully saturated rings. The second-order valence-electron chi connectivity index (χ2n) is 4.76. The molecular formula is C12H16N4O3. The zero-order chi connectivity index (χ0) is 13.7. The number of carboxylic acid groups (broad SMARTS) is 1. The molecule has 0 atom stereocenters. The van der Waals surface area contributed by atoms with Crippen molar-refractivity contribution < 1.29 is 14.7 Å². The summed E-state index contributed by atoms with van der Waals surface area (Å²) in [6.45, 7) is 0. The predicted molar refractivity (Wildman–Crippen MR) is 67.6 cm³/mol. The number of amides is 2. The Morgan fingerprint density at radius 1 is 1.26 bits per heavy atom. The minimum absolute atomic E-state index is 0.0499. The summed E-state index contributed by atoms with van der Waals surface area (Å²) in [5.41, 5.74) is -0.158. The number of aromatic nitrogens is 2. The molecule has 0 spiro atoms. The molecule has 0 unspecified atom stereocenters. The van der Waals surface area contributed by atoms with E-state index in [0.29, 0.717) is 18.5 Å². The van der Waals surface area contributed by atoms with Crippen molar-refractivity contribution in [1.82, 2.24) is 15.3 Å². The predicted octanol–water partition coefficient (Wildman–Crippen LogP) is 1.39. The van der Waals surface area contributed by atoms with Crippen LogP contribution in [0.2, 0.25) is 0 Å². The third-order valence-electron chi connectivity index (χ3n) is 3.25. The van der Waals surface area contributed by atoms with Crippen LogP contribution >= 0.6 is 0 Å². The minimum atomic E-state index is -0.898. The summed E-state index contributed by atoms with van der Waals surface area (Å²) < 4.78 is 0. The molecule has 0 aliphatic heterocycles. The molecule has 1 heterocycles. The maximum absolute atomic E-state index is 11.9. The first-order valence-corrected chi connectivity index (χ1v) is 6.16. The summed E-state index contributed by atoms with van der Waals surface area (Å²) in [5.74, 6) is -0.898. The van der Waals surface area contributed by atoms with Gasteiger partial charge in [-0.25, -0.2) is 14.8 Å². The van der Waals surface area contributed by atoms with Gasteiger partial charge in [0.15, 0.2) is 0 Å². The molecule has 1 aromatic rings. The van der Waals surface area contributed by atoms with E-state index in [2.05, 4.69) is 20.6 Å². The van der Waals surface area contributed by atoms with Crippen LogP contribution in [0.4, 0.5) is 10.5 Å². The molecule has 1 saturated carbocycles. The van der Waals surface area contributed by atoms with Crippen molar-refractivity contribution in [2.24, 2.45) is 0 Å². The van der Waals surface area contributed by atoms with Gasteiger partial charge in [0.25, 0.3) is 0 Å². The maximum atomic E-state index is 11.9. The molecule has 0 radical (unpaired) electrons. The molecule has 2 amide bonds. The van der Waals surface area contributed by atoms with Gasteiger partial charge < -0.3 is 15.7 Å². The molecule has 7 nitrogen and oxygen atoms in total. The number of nitrogens with one attached hydrogen (secondary N) is 2. The standard InChI is InChI=1S/C12H16N4O3/c17-10(18)5-12(3-1-2-4-12)16-11(19)15-9-6-13-8-14-7-9/h6-8H,1-5H2,(H,17,18)(H2,15,16,19). The topological polar surface area (TPSA) is 104 Å². The van der Waals surface area contributed by atoms with E-state index in [0.717, 1.165) is 12.8 Å². The van der Waals surface area contributed by atoms with E-state index in [1.54, 1.807) is 0 Å². The lowest BCUT2D eigenvalue weighted by atomic mass is 9.93. The van der Waals surface area contributed by atoms with E-state index in [-0.39, 0.29) is 6.42 Å². The molecule has 7 heteroatoms. The van der Waals surface area contributed by atoms with Gasteiger partial charge in [-0.2, -0.15) is 0 Å². The van der Waals surface area contributed by atoms with Gasteiger partial charge in [-0.15, -0.1) is 0 Å². The van der Waals surface area contributed by atoms with E-state index in [1.165, 1.54) is 18.7 Å². The smallest absolute Gasteiger partial charge is 0.319 e. The highest BCUT2D eigenvalue weighted by Gasteiger charge is 2.37. The minimum Gasteiger partial charge on any atom is -0.481 e. The molecule has 1 aromatic heterocycles. The number of nitrogens with zero attached hydrogens (tertiary/aromatic N) is 2. The molecule has 0 saturated heterocycles. The largest absolute Gasteiger partial charge is 0.481 e. The van der Waals surface area contributed by atoms with Gasteiger partial charge in [-0.05, 0) is 12.8 Å². The van der Waals surface area contributed by atoms with Crippen LogP contribution in [0.1, 0.15) is 32.1 Å². The number of rotatable bonds is 4. The van der Waals surface area contributed by atoms with Crippen molar-refractivity contribution in [1.29, 1.82) is 0 Å². The van der Waals surface area contributed by atoms with Crippen molar-refractivity contribution in [3.05, 3.63) is 18.7 Å². The van der Waals surface area contributed by atoms with Gasteiger partial charge in [0.05, 0.1) is 30.0 Å². The number of aliphatic carboxylic acids is 1. The average molecular weight is 264 g/mol. The van der Waals surface area contributed by atoms with Gasteiger partial charge in [0.2, 0.25) is 0 Å². The second kappa shape index (κ2) is 5.64. The Labute approximate surface area is 110 Å². The van der Waals surface area contributed by atoms with Gasteiger partial charge in [0, 0.05) is 0 Å². The molecule has 0 aromatic carbocycles. The van der Waals surface area contributed by atoms with Gasteiger partial charge in [-0.1, -0.05) is 12.8 Å². The highest BCUT2D eigenvalue weighted by Crippen LogP contribution is 2.32. The quantitative estimate of drug-likeness (QED) is 0.762. The Morgan fingerprint density at radius 2 is 1.89 bits per heavy atom. The first-order valence-electron chi connectivity index (χ1n) is 6.16. The van der Waals surface area contributed by atoms with Crippen LogP contribution in [0, 0.1) is 0 Å². The Hall–Kier alpha value is -2.18. The second-order valence-corrected chi connectivity index (χ2v) is 4.76. The SMILES string of the molecule is O=C(O)CC1(NC(=O)Nc2cncnc2)CCCC1. The fourth-order valence-corrected chi connectivity index (χ4v) is 2.45. The molecule has 2 rings (SSSR count). The van der Waals surface area contributed by atoms with Gasteiger partial charge in [0.1, 0.15) is 6.33 Å². The number of carbonyl (C=O) groups is 2. The van der Waals surface area contributed by atoms with Crippen LogP contribution in [-0.2, 0) is 4.79 Å². The van der Waals surface area contributed by atoms with Crippen LogP contribution in [0.5, 0.6) is 0 Å². The van der Waals surface area contributed by atoms with E-state index < -0.39 is 17.5 Å². The molecule has 0 bridgehead atoms. The zero-order valence-electron chi connectivity index (χ0n) is 10.4. The monoisotopic (exact) mass is 264 g/mol. The Kier molecular flexibility index (Phi) is 3.94. The Balaban J connectivity index is 1.97. The number of hydrogen-bond acceptors (Lipinski definition) is 4. The first kappa shape index (κ1) is 13.3. The first-order chi connectivity index (χ1) is 9.10. The highest BCUT2D eigenvalue weighted by molar-refractivity contribution is 5.89. The van der Waals surface area contributed by atoms with Crippen molar-refractivity contribution in [2.75, 3.05) is 5.32 Å². The summed E-state index contributed by atoms with van der Waals surface area (Å²) in [4.78, 5) is 30.4. The van der Waals surface area contributed by atoms with Crippen LogP contribution in [0.3, 0.4) is 0 Å². The Bertz CT molecular complexity index is 457. The van der Waals surface area contributed by atoms with Crippen molar-refractivity contribution in [3.63, 3.8) is 0 Å². The summed E-state index contributed by atoms with van der Waals surface area (Å²) >= 11 is 0. The van der Waals surface area contributed by atoms with Crippen LogP contribution in [-0.4, -0.2) is 32.6 Å². The van der Waals surface area contributed by atoms with Crippen LogP contribution < -0.4 is 10.6 Å². The molecule has 1 aliphatic carbocycles. The third kappa shape index (κ3) is 3.64. The molecular weight excluding hydrogens is 248 g/mol. The number of urea groups is 1. The zero-order valence-corrected chi connectivity index (χ0v) is 10.4. The van der Waals surface area contributed by atoms with E-state index >= 15 is 0 Å². The highest BCUT2D eigenvalue weighted by atomic mass is 16.4. The van der Waals surface area contributed by atoms with Crippen LogP contribution in [0.15, 0.2) is 18.7 Å². The summed E-state index contributed by atoms with van der Waals surface area (Å²) in [6, 6.07) is -0.419. The van der Waals surface area contributed by atoms with Gasteiger partial charge in [-0.3, -0.25) is 4.79 Å². The number of anilines is 1. The lowest BCUT2D eigenvalue weighted by Crippen LogP contribution is -2.49. The normalized spacial score (nSPS) is 16.8. The summed E-state index contributed by atoms with van der Waals surface area (Å²) in [5, 5.41) is 14.3. The Morgan fingerprint density at radius 3 is 2.47 bits per heavy atom. The lowest BCUT2D eigenvalue weighted by molar-refractivity contribution is -0.138. The van der Waals surface area contributed by atoms with E-state index in [1.807, 2.05) is 0 Å². The van der Waals surface area contributed by atoms with Crippen molar-refractivity contribution >= 4 is 17.7 Å². The number of carbonyl (C=O) groups excluding carboxylic acids is 1. The summed E-state index contributed by atoms with van der Waals surface area (Å²) in [7, 11) is 0. The number of hydrogen-bond donors (Lipinski definition) is 3. The van der Waals surface area contributed by atoms with Crippen molar-refractivity contribution in [3.8, 4) is 0 Å². The average Bonchev–Trinajstić information content (AvgIpc) is 2.77. The molecule has 3 N–H and O–H groups in total. The van der Waals surface area contributed by atoms with E-state index in [4.69, 9.17) is 5.11 Å². The number of carboxylic acids is 1. The molecule has 19 heavy (non-hydrogen) atoms. The van der Waals surface area contributed by atoms with Crippen LogP contribution in [0.25, 0.3) is 0 Å².